The van der Waals surface area contributed by atoms with Gasteiger partial charge in [-0.2, -0.15) is 13.2 Å². The molecule has 2 heterocycles. The normalized spacial score (nSPS) is 13.6. The standard InChI is InChI=1S/C26H22F4N4O4/c1-13-21(25(36)34(33(13)2)19-7-5-4-6-18(19)27)31-24(35)22-20(14-8-9-14)23(38-32-22)16-11-10-15(37-3)12-17(16)26(28,29)30/h4-7,10-12,14H,8-9H2,1-3H3,(H,31,35). The first-order valence-corrected chi connectivity index (χ1v) is 11.6. The minimum atomic E-state index is -4.72. The predicted molar refractivity (Wildman–Crippen MR) is 129 cm³/mol. The van der Waals surface area contributed by atoms with Crippen molar-refractivity contribution in [3.05, 3.63) is 81.2 Å². The van der Waals surface area contributed by atoms with Crippen LogP contribution in [0.4, 0.5) is 23.2 Å². The van der Waals surface area contributed by atoms with Gasteiger partial charge in [-0.25, -0.2) is 9.07 Å². The fourth-order valence-corrected chi connectivity index (χ4v) is 4.41. The van der Waals surface area contributed by atoms with Crippen LogP contribution < -0.4 is 15.6 Å². The van der Waals surface area contributed by atoms with Crippen LogP contribution in [-0.4, -0.2) is 27.5 Å². The highest BCUT2D eigenvalue weighted by Gasteiger charge is 2.40. The van der Waals surface area contributed by atoms with Gasteiger partial charge in [0.1, 0.15) is 22.9 Å². The molecule has 5 rings (SSSR count). The number of alkyl halides is 3. The molecule has 0 atom stereocenters. The van der Waals surface area contributed by atoms with E-state index >= 15 is 0 Å². The number of methoxy groups -OCH3 is 1. The van der Waals surface area contributed by atoms with Crippen molar-refractivity contribution < 1.29 is 31.6 Å². The fraction of sp³-hybridized carbons (Fsp3) is 0.269. The zero-order valence-corrected chi connectivity index (χ0v) is 20.5. The number of hydrogen-bond acceptors (Lipinski definition) is 5. The molecule has 2 aromatic carbocycles. The lowest BCUT2D eigenvalue weighted by atomic mass is 9.97. The Kier molecular flexibility index (Phi) is 6.12. The summed E-state index contributed by atoms with van der Waals surface area (Å²) in [6.07, 6.45) is -3.45. The van der Waals surface area contributed by atoms with Crippen LogP contribution in [0, 0.1) is 12.7 Å². The van der Waals surface area contributed by atoms with E-state index in [1.807, 2.05) is 0 Å². The third-order valence-corrected chi connectivity index (χ3v) is 6.58. The van der Waals surface area contributed by atoms with E-state index in [1.165, 1.54) is 49.2 Å². The number of amides is 1. The Balaban J connectivity index is 1.57. The molecule has 2 aromatic heterocycles. The summed E-state index contributed by atoms with van der Waals surface area (Å²) >= 11 is 0. The summed E-state index contributed by atoms with van der Waals surface area (Å²) in [5, 5.41) is 6.33. The third kappa shape index (κ3) is 4.25. The molecular formula is C26H22F4N4O4. The fourth-order valence-electron chi connectivity index (χ4n) is 4.41. The van der Waals surface area contributed by atoms with E-state index in [4.69, 9.17) is 9.26 Å². The maximum atomic E-state index is 14.4. The lowest BCUT2D eigenvalue weighted by molar-refractivity contribution is -0.137. The number of ether oxygens (including phenoxy) is 1. The molecule has 12 heteroatoms. The van der Waals surface area contributed by atoms with Gasteiger partial charge in [0.05, 0.1) is 18.4 Å². The molecule has 1 aliphatic carbocycles. The average Bonchev–Trinajstić information content (AvgIpc) is 3.59. The van der Waals surface area contributed by atoms with Gasteiger partial charge in [-0.3, -0.25) is 14.3 Å². The molecule has 1 amide bonds. The Hall–Kier alpha value is -4.35. The number of carbonyl (C=O) groups is 1. The second kappa shape index (κ2) is 9.19. The van der Waals surface area contributed by atoms with Crippen LogP contribution in [0.25, 0.3) is 17.0 Å². The summed E-state index contributed by atoms with van der Waals surface area (Å²) in [4.78, 5) is 26.5. The van der Waals surface area contributed by atoms with Gasteiger partial charge in [0.15, 0.2) is 11.5 Å². The highest BCUT2D eigenvalue weighted by Crippen LogP contribution is 2.49. The van der Waals surface area contributed by atoms with Crippen molar-refractivity contribution in [3.63, 3.8) is 0 Å². The summed E-state index contributed by atoms with van der Waals surface area (Å²) in [6.45, 7) is 1.57. The highest BCUT2D eigenvalue weighted by molar-refractivity contribution is 6.05. The first kappa shape index (κ1) is 25.3. The maximum Gasteiger partial charge on any atom is 0.417 e. The van der Waals surface area contributed by atoms with Crippen LogP contribution in [0.15, 0.2) is 51.8 Å². The molecular weight excluding hydrogens is 508 g/mol. The monoisotopic (exact) mass is 530 g/mol. The first-order chi connectivity index (χ1) is 18.0. The SMILES string of the molecule is COc1ccc(-c2onc(C(=O)Nc3c(C)n(C)n(-c4ccccc4F)c3=O)c2C2CC2)c(C(F)(F)F)c1. The molecule has 1 N–H and O–H groups in total. The number of benzene rings is 2. The number of hydrogen-bond donors (Lipinski definition) is 1. The molecule has 0 bridgehead atoms. The van der Waals surface area contributed by atoms with Gasteiger partial charge in [-0.15, -0.1) is 0 Å². The average molecular weight is 530 g/mol. The Labute approximate surface area is 213 Å². The van der Waals surface area contributed by atoms with Crippen LogP contribution in [0.2, 0.25) is 0 Å². The first-order valence-electron chi connectivity index (χ1n) is 11.6. The van der Waals surface area contributed by atoms with Crippen molar-refractivity contribution in [2.24, 2.45) is 7.05 Å². The molecule has 4 aromatic rings. The number of nitrogens with one attached hydrogen (secondary N) is 1. The molecule has 0 radical (unpaired) electrons. The Morgan fingerprint density at radius 3 is 2.53 bits per heavy atom. The predicted octanol–water partition coefficient (Wildman–Crippen LogP) is 5.44. The third-order valence-electron chi connectivity index (χ3n) is 6.58. The minimum Gasteiger partial charge on any atom is -0.497 e. The number of para-hydroxylation sites is 1. The number of halogens is 4. The number of nitrogens with zero attached hydrogens (tertiary/aromatic N) is 3. The van der Waals surface area contributed by atoms with Crippen LogP contribution >= 0.6 is 0 Å². The minimum absolute atomic E-state index is 0.00910. The quantitative estimate of drug-likeness (QED) is 0.336. The summed E-state index contributed by atoms with van der Waals surface area (Å²) in [5.41, 5.74) is -1.73. The van der Waals surface area contributed by atoms with Crippen molar-refractivity contribution in [1.82, 2.24) is 14.5 Å². The molecule has 0 aliphatic heterocycles. The van der Waals surface area contributed by atoms with Gasteiger partial charge in [0.2, 0.25) is 0 Å². The lowest BCUT2D eigenvalue weighted by Gasteiger charge is -2.13. The zero-order chi connectivity index (χ0) is 27.4. The van der Waals surface area contributed by atoms with Gasteiger partial charge >= 0.3 is 6.18 Å². The van der Waals surface area contributed by atoms with Crippen LogP contribution in [0.1, 0.15) is 46.1 Å². The van der Waals surface area contributed by atoms with Gasteiger partial charge in [-0.1, -0.05) is 17.3 Å². The summed E-state index contributed by atoms with van der Waals surface area (Å²) in [5.74, 6) is -1.84. The lowest BCUT2D eigenvalue weighted by Crippen LogP contribution is -2.24. The van der Waals surface area contributed by atoms with Crippen LogP contribution in [0.3, 0.4) is 0 Å². The van der Waals surface area contributed by atoms with Gasteiger partial charge in [0.25, 0.3) is 11.5 Å². The molecule has 0 unspecified atom stereocenters. The summed E-state index contributed by atoms with van der Waals surface area (Å²) in [7, 11) is 2.79. The van der Waals surface area contributed by atoms with Crippen molar-refractivity contribution in [3.8, 4) is 22.8 Å². The highest BCUT2D eigenvalue weighted by atomic mass is 19.4. The van der Waals surface area contributed by atoms with Gasteiger partial charge in [-0.05, 0) is 56.0 Å². The van der Waals surface area contributed by atoms with E-state index in [0.717, 1.165) is 10.7 Å². The number of rotatable bonds is 6. The molecule has 1 saturated carbocycles. The van der Waals surface area contributed by atoms with Crippen molar-refractivity contribution in [2.45, 2.75) is 31.9 Å². The Bertz CT molecular complexity index is 1610. The van der Waals surface area contributed by atoms with E-state index in [9.17, 15) is 27.2 Å². The molecule has 8 nitrogen and oxygen atoms in total. The van der Waals surface area contributed by atoms with Gasteiger partial charge in [0, 0.05) is 18.2 Å². The topological polar surface area (TPSA) is 91.3 Å². The van der Waals surface area contributed by atoms with Crippen molar-refractivity contribution in [1.29, 1.82) is 0 Å². The largest absolute Gasteiger partial charge is 0.497 e. The number of aromatic nitrogens is 3. The molecule has 0 spiro atoms. The van der Waals surface area contributed by atoms with Crippen LogP contribution in [0.5, 0.6) is 5.75 Å². The second-order valence-corrected chi connectivity index (χ2v) is 8.96. The Morgan fingerprint density at radius 1 is 1.18 bits per heavy atom. The number of anilines is 1. The van der Waals surface area contributed by atoms with Crippen LogP contribution in [-0.2, 0) is 13.2 Å². The zero-order valence-electron chi connectivity index (χ0n) is 20.5. The molecule has 198 valence electrons. The van der Waals surface area contributed by atoms with E-state index in [1.54, 1.807) is 13.0 Å². The van der Waals surface area contributed by atoms with E-state index < -0.39 is 29.0 Å². The molecule has 1 fully saturated rings. The van der Waals surface area contributed by atoms with E-state index in [0.29, 0.717) is 18.5 Å². The molecule has 1 aliphatic rings. The maximum absolute atomic E-state index is 14.4. The molecule has 38 heavy (non-hydrogen) atoms. The summed E-state index contributed by atoms with van der Waals surface area (Å²) in [6, 6.07) is 9.11. The van der Waals surface area contributed by atoms with Crippen molar-refractivity contribution in [2.75, 3.05) is 12.4 Å². The smallest absolute Gasteiger partial charge is 0.417 e. The Morgan fingerprint density at radius 2 is 1.89 bits per heavy atom. The van der Waals surface area contributed by atoms with Gasteiger partial charge < -0.3 is 14.6 Å². The number of carbonyl (C=O) groups excluding carboxylic acids is 1. The molecule has 0 saturated heterocycles. The second-order valence-electron chi connectivity index (χ2n) is 8.96. The van der Waals surface area contributed by atoms with E-state index in [2.05, 4.69) is 10.5 Å². The summed E-state index contributed by atoms with van der Waals surface area (Å²) < 4.78 is 68.8. The van der Waals surface area contributed by atoms with Crippen molar-refractivity contribution >= 4 is 11.6 Å². The van der Waals surface area contributed by atoms with E-state index in [-0.39, 0.29) is 45.6 Å².